The third-order valence-electron chi connectivity index (χ3n) is 3.90. The van der Waals surface area contributed by atoms with E-state index in [0.29, 0.717) is 11.1 Å². The van der Waals surface area contributed by atoms with Gasteiger partial charge in [0.25, 0.3) is 0 Å². The van der Waals surface area contributed by atoms with Crippen LogP contribution in [0.1, 0.15) is 78.6 Å². The van der Waals surface area contributed by atoms with Gasteiger partial charge in [-0.3, -0.25) is 0 Å². The average molecular weight is 279 g/mol. The minimum Gasteiger partial charge on any atom is -0.131 e. The summed E-state index contributed by atoms with van der Waals surface area (Å²) in [5, 5.41) is 0.406. The van der Waals surface area contributed by atoms with Crippen molar-refractivity contribution in [3.8, 4) is 0 Å². The molecule has 0 aromatic heterocycles. The smallest absolute Gasteiger partial charge is 0.0260 e. The Morgan fingerprint density at radius 1 is 0.941 bits per heavy atom. The first kappa shape index (κ1) is 17.7. The van der Waals surface area contributed by atoms with E-state index >= 15 is 0 Å². The van der Waals surface area contributed by atoms with E-state index in [9.17, 15) is 0 Å². The molecule has 0 spiro atoms. The number of hydrogen-bond acceptors (Lipinski definition) is 0. The van der Waals surface area contributed by atoms with Gasteiger partial charge in [-0.05, 0) is 30.3 Å². The van der Waals surface area contributed by atoms with Gasteiger partial charge in [0, 0.05) is 5.88 Å². The van der Waals surface area contributed by atoms with Crippen molar-refractivity contribution >= 4 is 20.8 Å². The molecule has 0 saturated heterocycles. The van der Waals surface area contributed by atoms with Crippen molar-refractivity contribution in [1.82, 2.24) is 0 Å². The fraction of sp³-hybridized carbons (Fsp3) is 1.00. The van der Waals surface area contributed by atoms with Gasteiger partial charge in [0.2, 0.25) is 0 Å². The summed E-state index contributed by atoms with van der Waals surface area (Å²) in [7, 11) is 3.19. The van der Waals surface area contributed by atoms with Gasteiger partial charge >= 0.3 is 0 Å². The van der Waals surface area contributed by atoms with Gasteiger partial charge in [-0.25, -0.2) is 0 Å². The van der Waals surface area contributed by atoms with Crippen LogP contribution in [0.15, 0.2) is 0 Å². The van der Waals surface area contributed by atoms with Crippen LogP contribution in [0, 0.1) is 5.92 Å². The Kier molecular flexibility index (Phi) is 11.1. The molecular formula is C15H32ClP. The molecule has 0 saturated carbocycles. The standard InChI is InChI=1S/C15H32ClP/c1-4-7-10-14(13-16)15(17,11-8-5-2)12-9-6-3/h14H,4-13,17H2,1-3H3. The Hall–Kier alpha value is 0.720. The van der Waals surface area contributed by atoms with Crippen molar-refractivity contribution in [2.75, 3.05) is 5.88 Å². The molecule has 0 bridgehead atoms. The Labute approximate surface area is 116 Å². The second-order valence-electron chi connectivity index (χ2n) is 5.43. The summed E-state index contributed by atoms with van der Waals surface area (Å²) in [6, 6.07) is 0. The van der Waals surface area contributed by atoms with Gasteiger partial charge < -0.3 is 0 Å². The molecule has 0 aliphatic rings. The minimum atomic E-state index is 0.406. The van der Waals surface area contributed by atoms with E-state index in [4.69, 9.17) is 11.6 Å². The Bertz CT molecular complexity index is 162. The highest BCUT2D eigenvalue weighted by atomic mass is 35.5. The zero-order valence-electron chi connectivity index (χ0n) is 12.1. The minimum absolute atomic E-state index is 0.406. The normalized spacial score (nSPS) is 13.9. The summed E-state index contributed by atoms with van der Waals surface area (Å²) in [6.07, 6.45) is 11.8. The summed E-state index contributed by atoms with van der Waals surface area (Å²) in [6.45, 7) is 6.84. The molecule has 2 unspecified atom stereocenters. The zero-order chi connectivity index (χ0) is 13.1. The molecule has 17 heavy (non-hydrogen) atoms. The van der Waals surface area contributed by atoms with E-state index in [-0.39, 0.29) is 0 Å². The van der Waals surface area contributed by atoms with Crippen LogP contribution in [-0.2, 0) is 0 Å². The van der Waals surface area contributed by atoms with Gasteiger partial charge in [0.05, 0.1) is 0 Å². The molecule has 0 heterocycles. The molecule has 0 radical (unpaired) electrons. The van der Waals surface area contributed by atoms with Crippen molar-refractivity contribution in [3.63, 3.8) is 0 Å². The van der Waals surface area contributed by atoms with Gasteiger partial charge in [0.1, 0.15) is 0 Å². The predicted molar refractivity (Wildman–Crippen MR) is 85.2 cm³/mol. The number of alkyl halides is 1. The largest absolute Gasteiger partial charge is 0.131 e. The number of rotatable bonds is 11. The van der Waals surface area contributed by atoms with Gasteiger partial charge in [-0.15, -0.1) is 20.8 Å². The third kappa shape index (κ3) is 7.02. The topological polar surface area (TPSA) is 0 Å². The number of halogens is 1. The monoisotopic (exact) mass is 278 g/mol. The molecule has 0 aromatic carbocycles. The molecule has 0 rings (SSSR count). The summed E-state index contributed by atoms with van der Waals surface area (Å²) >= 11 is 6.23. The molecule has 2 atom stereocenters. The maximum absolute atomic E-state index is 6.23. The fourth-order valence-electron chi connectivity index (χ4n) is 2.51. The van der Waals surface area contributed by atoms with Crippen LogP contribution >= 0.6 is 20.8 Å². The van der Waals surface area contributed by atoms with Crippen molar-refractivity contribution < 1.29 is 0 Å². The lowest BCUT2D eigenvalue weighted by atomic mass is 9.81. The number of hydrogen-bond donors (Lipinski definition) is 0. The molecule has 0 aliphatic carbocycles. The first-order valence-corrected chi connectivity index (χ1v) is 8.60. The van der Waals surface area contributed by atoms with Crippen LogP contribution in [0.5, 0.6) is 0 Å². The highest BCUT2D eigenvalue weighted by molar-refractivity contribution is 7.19. The summed E-state index contributed by atoms with van der Waals surface area (Å²) < 4.78 is 0. The molecule has 0 amide bonds. The molecule has 0 aliphatic heterocycles. The van der Waals surface area contributed by atoms with Gasteiger partial charge in [-0.1, -0.05) is 59.3 Å². The maximum atomic E-state index is 6.23. The molecule has 0 fully saturated rings. The van der Waals surface area contributed by atoms with E-state index in [1.807, 2.05) is 0 Å². The van der Waals surface area contributed by atoms with E-state index < -0.39 is 0 Å². The Balaban J connectivity index is 4.46. The maximum Gasteiger partial charge on any atom is 0.0260 e. The van der Waals surface area contributed by atoms with Crippen LogP contribution in [0.25, 0.3) is 0 Å². The van der Waals surface area contributed by atoms with E-state index in [1.165, 1.54) is 57.8 Å². The van der Waals surface area contributed by atoms with Crippen molar-refractivity contribution in [3.05, 3.63) is 0 Å². The van der Waals surface area contributed by atoms with Crippen LogP contribution in [0.2, 0.25) is 0 Å². The highest BCUT2D eigenvalue weighted by Gasteiger charge is 2.32. The predicted octanol–water partition coefficient (Wildman–Crippen LogP) is 6.03. The molecule has 0 N–H and O–H groups in total. The first-order valence-electron chi connectivity index (χ1n) is 7.49. The second-order valence-corrected chi connectivity index (χ2v) is 6.89. The first-order chi connectivity index (χ1) is 8.14. The average Bonchev–Trinajstić information content (AvgIpc) is 2.35. The van der Waals surface area contributed by atoms with Crippen LogP contribution in [0.4, 0.5) is 0 Å². The molecule has 0 nitrogen and oxygen atoms in total. The lowest BCUT2D eigenvalue weighted by Crippen LogP contribution is -2.33. The lowest BCUT2D eigenvalue weighted by Gasteiger charge is -2.37. The SMILES string of the molecule is CCCCC(CCl)C(P)(CCCC)CCCC. The number of unbranched alkanes of at least 4 members (excludes halogenated alkanes) is 3. The molecule has 0 aromatic rings. The Morgan fingerprint density at radius 3 is 1.76 bits per heavy atom. The lowest BCUT2D eigenvalue weighted by molar-refractivity contribution is 0.322. The fourth-order valence-corrected chi connectivity index (χ4v) is 3.82. The molecular weight excluding hydrogens is 247 g/mol. The van der Waals surface area contributed by atoms with Crippen molar-refractivity contribution in [1.29, 1.82) is 0 Å². The van der Waals surface area contributed by atoms with E-state index in [1.54, 1.807) is 0 Å². The van der Waals surface area contributed by atoms with Crippen LogP contribution in [0.3, 0.4) is 0 Å². The van der Waals surface area contributed by atoms with Crippen molar-refractivity contribution in [2.45, 2.75) is 83.7 Å². The van der Waals surface area contributed by atoms with Gasteiger partial charge in [-0.2, -0.15) is 0 Å². The summed E-state index contributed by atoms with van der Waals surface area (Å²) in [5.74, 6) is 1.52. The third-order valence-corrected chi connectivity index (χ3v) is 5.32. The summed E-state index contributed by atoms with van der Waals surface area (Å²) in [4.78, 5) is 0. The molecule has 104 valence electrons. The molecule has 2 heteroatoms. The van der Waals surface area contributed by atoms with Crippen LogP contribution in [-0.4, -0.2) is 11.0 Å². The van der Waals surface area contributed by atoms with Gasteiger partial charge in [0.15, 0.2) is 0 Å². The zero-order valence-corrected chi connectivity index (χ0v) is 14.0. The second kappa shape index (κ2) is 10.6. The Morgan fingerprint density at radius 2 is 1.41 bits per heavy atom. The van der Waals surface area contributed by atoms with E-state index in [2.05, 4.69) is 30.0 Å². The van der Waals surface area contributed by atoms with Crippen molar-refractivity contribution in [2.24, 2.45) is 5.92 Å². The van der Waals surface area contributed by atoms with E-state index in [0.717, 1.165) is 5.88 Å². The summed E-state index contributed by atoms with van der Waals surface area (Å²) in [5.41, 5.74) is 0. The highest BCUT2D eigenvalue weighted by Crippen LogP contribution is 2.41. The van der Waals surface area contributed by atoms with Crippen LogP contribution < -0.4 is 0 Å². The quantitative estimate of drug-likeness (QED) is 0.320.